The van der Waals surface area contributed by atoms with Crippen LogP contribution < -0.4 is 5.32 Å². The molecule has 1 saturated heterocycles. The molecule has 1 fully saturated rings. The molecule has 2 aliphatic rings. The van der Waals surface area contributed by atoms with Gasteiger partial charge in [0.25, 0.3) is 0 Å². The van der Waals surface area contributed by atoms with E-state index in [-0.39, 0.29) is 16.1 Å². The van der Waals surface area contributed by atoms with E-state index in [4.69, 9.17) is 4.74 Å². The average Bonchev–Trinajstić information content (AvgIpc) is 3.49. The third kappa shape index (κ3) is 5.33. The largest absolute Gasteiger partial charge is 0.373 e. The van der Waals surface area contributed by atoms with E-state index in [0.717, 1.165) is 61.8 Å². The lowest BCUT2D eigenvalue weighted by Gasteiger charge is -2.38. The van der Waals surface area contributed by atoms with E-state index >= 15 is 0 Å². The summed E-state index contributed by atoms with van der Waals surface area (Å²) in [6, 6.07) is 7.77. The molecule has 5 nitrogen and oxygen atoms in total. The third-order valence-electron chi connectivity index (χ3n) is 6.77. The molecule has 1 N–H and O–H groups in total. The van der Waals surface area contributed by atoms with Gasteiger partial charge in [0.1, 0.15) is 12.4 Å². The fraction of sp³-hybridized carbons (Fsp3) is 0.583. The van der Waals surface area contributed by atoms with Gasteiger partial charge in [0.05, 0.1) is 13.2 Å². The second kappa shape index (κ2) is 9.35. The number of aryl methyl sites for hydroxylation is 2. The van der Waals surface area contributed by atoms with Crippen molar-refractivity contribution in [2.75, 3.05) is 39.4 Å². The maximum absolute atomic E-state index is 13.5. The number of halogens is 1. The van der Waals surface area contributed by atoms with Crippen molar-refractivity contribution in [3.8, 4) is 0 Å². The van der Waals surface area contributed by atoms with Crippen LogP contribution in [0, 0.1) is 17.5 Å². The number of nitrogens with zero attached hydrogens (tertiary/aromatic N) is 3. The minimum Gasteiger partial charge on any atom is -0.373 e. The summed E-state index contributed by atoms with van der Waals surface area (Å²) in [6.45, 7) is 11.5. The number of aliphatic imine (C=N–C) groups is 1. The Morgan fingerprint density at radius 3 is 2.84 bits per heavy atom. The summed E-state index contributed by atoms with van der Waals surface area (Å²) >= 11 is 1.26. The molecule has 2 aromatic heterocycles. The third-order valence-corrected chi connectivity index (χ3v) is 7.70. The van der Waals surface area contributed by atoms with Gasteiger partial charge in [0.15, 0.2) is 5.13 Å². The molecule has 7 heteroatoms. The Balaban J connectivity index is 1.46. The van der Waals surface area contributed by atoms with Crippen LogP contribution in [0.5, 0.6) is 0 Å². The van der Waals surface area contributed by atoms with E-state index in [1.165, 1.54) is 16.9 Å². The quantitative estimate of drug-likeness (QED) is 0.631. The number of pyridine rings is 1. The SMILES string of the molecule is Cc1ccc(C(C)(C)N2CCC(CCc3ccc(F)s3)(COCC3=NCCN3)C2)cn1. The standard InChI is InChI=1S/C24H33FN4OS/c1-18-4-5-19(14-28-18)23(2,3)29-13-10-24(16-29,9-8-20-6-7-21(25)31-20)17-30-15-22-26-11-12-27-22/h4-7,14H,8-13,15-17H2,1-3H3,(H,26,27). The number of likely N-dealkylation sites (tertiary alicyclic amines) is 1. The Morgan fingerprint density at radius 2 is 2.16 bits per heavy atom. The van der Waals surface area contributed by atoms with Gasteiger partial charge in [-0.1, -0.05) is 6.07 Å². The van der Waals surface area contributed by atoms with E-state index in [2.05, 4.69) is 46.2 Å². The van der Waals surface area contributed by atoms with E-state index in [9.17, 15) is 4.39 Å². The highest BCUT2D eigenvalue weighted by Crippen LogP contribution is 2.42. The number of ether oxygens (including phenoxy) is 1. The molecular weight excluding hydrogens is 411 g/mol. The van der Waals surface area contributed by atoms with Crippen LogP contribution in [0.3, 0.4) is 0 Å². The van der Waals surface area contributed by atoms with Crippen molar-refractivity contribution in [1.29, 1.82) is 0 Å². The van der Waals surface area contributed by atoms with Crippen molar-refractivity contribution in [3.05, 3.63) is 51.7 Å². The van der Waals surface area contributed by atoms with Crippen molar-refractivity contribution in [2.24, 2.45) is 10.4 Å². The molecule has 0 bridgehead atoms. The van der Waals surface area contributed by atoms with Crippen LogP contribution in [0.25, 0.3) is 0 Å². The van der Waals surface area contributed by atoms with Gasteiger partial charge in [-0.2, -0.15) is 4.39 Å². The molecule has 0 aliphatic carbocycles. The van der Waals surface area contributed by atoms with Gasteiger partial charge in [0, 0.05) is 40.8 Å². The number of hydrogen-bond donors (Lipinski definition) is 1. The van der Waals surface area contributed by atoms with Gasteiger partial charge in [0.2, 0.25) is 0 Å². The lowest BCUT2D eigenvalue weighted by molar-refractivity contribution is 0.0488. The zero-order valence-corrected chi connectivity index (χ0v) is 19.6. The monoisotopic (exact) mass is 444 g/mol. The van der Waals surface area contributed by atoms with Crippen LogP contribution in [-0.2, 0) is 16.7 Å². The molecule has 0 aromatic carbocycles. The number of aromatic nitrogens is 1. The second-order valence-electron chi connectivity index (χ2n) is 9.37. The number of hydrogen-bond acceptors (Lipinski definition) is 6. The smallest absolute Gasteiger partial charge is 0.176 e. The molecule has 4 heterocycles. The predicted octanol–water partition coefficient (Wildman–Crippen LogP) is 4.17. The summed E-state index contributed by atoms with van der Waals surface area (Å²) in [4.78, 5) is 12.6. The molecule has 0 saturated carbocycles. The first-order valence-corrected chi connectivity index (χ1v) is 12.0. The molecule has 2 aromatic rings. The molecule has 1 atom stereocenters. The van der Waals surface area contributed by atoms with Crippen LogP contribution in [0.4, 0.5) is 4.39 Å². The van der Waals surface area contributed by atoms with Crippen molar-refractivity contribution < 1.29 is 9.13 Å². The van der Waals surface area contributed by atoms with Gasteiger partial charge in [-0.3, -0.25) is 14.9 Å². The van der Waals surface area contributed by atoms with Crippen molar-refractivity contribution in [1.82, 2.24) is 15.2 Å². The van der Waals surface area contributed by atoms with E-state index in [0.29, 0.717) is 13.2 Å². The molecule has 31 heavy (non-hydrogen) atoms. The number of rotatable bonds is 9. The fourth-order valence-corrected chi connectivity index (χ4v) is 5.33. The molecular formula is C24H33FN4OS. The average molecular weight is 445 g/mol. The molecule has 168 valence electrons. The normalized spacial score (nSPS) is 22.0. The molecule has 2 aliphatic heterocycles. The maximum Gasteiger partial charge on any atom is 0.176 e. The number of nitrogens with one attached hydrogen (secondary N) is 1. The topological polar surface area (TPSA) is 49.8 Å². The molecule has 4 rings (SSSR count). The Hall–Kier alpha value is -1.83. The van der Waals surface area contributed by atoms with Crippen LogP contribution >= 0.6 is 11.3 Å². The van der Waals surface area contributed by atoms with E-state index < -0.39 is 0 Å². The summed E-state index contributed by atoms with van der Waals surface area (Å²) in [6.07, 6.45) is 4.96. The highest BCUT2D eigenvalue weighted by Gasteiger charge is 2.43. The molecule has 1 unspecified atom stereocenters. The molecule has 0 spiro atoms. The Bertz CT molecular complexity index is 911. The minimum absolute atomic E-state index is 0.0506. The van der Waals surface area contributed by atoms with Crippen LogP contribution in [0.2, 0.25) is 0 Å². The van der Waals surface area contributed by atoms with Crippen molar-refractivity contribution in [3.63, 3.8) is 0 Å². The summed E-state index contributed by atoms with van der Waals surface area (Å²) in [5.41, 5.74) is 2.22. The van der Waals surface area contributed by atoms with Crippen LogP contribution in [-0.4, -0.2) is 55.1 Å². The summed E-state index contributed by atoms with van der Waals surface area (Å²) in [7, 11) is 0. The first kappa shape index (κ1) is 22.4. The van der Waals surface area contributed by atoms with E-state index in [1.54, 1.807) is 6.07 Å². The van der Waals surface area contributed by atoms with Crippen LogP contribution in [0.1, 0.15) is 42.8 Å². The highest BCUT2D eigenvalue weighted by molar-refractivity contribution is 7.10. The Morgan fingerprint density at radius 1 is 1.29 bits per heavy atom. The van der Waals surface area contributed by atoms with E-state index in [1.807, 2.05) is 19.2 Å². The lowest BCUT2D eigenvalue weighted by atomic mass is 9.82. The zero-order chi connectivity index (χ0) is 21.9. The minimum atomic E-state index is -0.105. The zero-order valence-electron chi connectivity index (χ0n) is 18.8. The summed E-state index contributed by atoms with van der Waals surface area (Å²) in [5.74, 6) is 0.955. The summed E-state index contributed by atoms with van der Waals surface area (Å²) < 4.78 is 19.7. The first-order chi connectivity index (χ1) is 14.9. The lowest BCUT2D eigenvalue weighted by Crippen LogP contribution is -2.42. The van der Waals surface area contributed by atoms with Crippen molar-refractivity contribution >= 4 is 17.2 Å². The van der Waals surface area contributed by atoms with Gasteiger partial charge < -0.3 is 10.1 Å². The number of amidine groups is 1. The summed E-state index contributed by atoms with van der Waals surface area (Å²) in [5, 5.41) is 3.18. The Labute approximate surface area is 188 Å². The highest BCUT2D eigenvalue weighted by atomic mass is 32.1. The first-order valence-electron chi connectivity index (χ1n) is 11.1. The van der Waals surface area contributed by atoms with Crippen molar-refractivity contribution in [2.45, 2.75) is 45.6 Å². The molecule has 0 radical (unpaired) electrons. The fourth-order valence-electron chi connectivity index (χ4n) is 4.60. The predicted molar refractivity (Wildman–Crippen MR) is 124 cm³/mol. The van der Waals surface area contributed by atoms with Gasteiger partial charge in [-0.05, 0) is 70.3 Å². The van der Waals surface area contributed by atoms with Gasteiger partial charge in [-0.25, -0.2) is 0 Å². The van der Waals surface area contributed by atoms with Crippen LogP contribution in [0.15, 0.2) is 35.5 Å². The van der Waals surface area contributed by atoms with Gasteiger partial charge in [-0.15, -0.1) is 11.3 Å². The van der Waals surface area contributed by atoms with Gasteiger partial charge >= 0.3 is 0 Å². The Kier molecular flexibility index (Phi) is 6.74. The number of thiophene rings is 1. The second-order valence-corrected chi connectivity index (χ2v) is 10.5. The molecule has 0 amide bonds. The maximum atomic E-state index is 13.5.